The summed E-state index contributed by atoms with van der Waals surface area (Å²) >= 11 is 6.10. The number of likely N-dealkylation sites (tertiary alicyclic amines) is 1. The van der Waals surface area contributed by atoms with Crippen molar-refractivity contribution in [3.05, 3.63) is 64.8 Å². The average molecular weight is 394 g/mol. The minimum absolute atomic E-state index is 0.0404. The van der Waals surface area contributed by atoms with Crippen LogP contribution in [-0.4, -0.2) is 42.1 Å². The van der Waals surface area contributed by atoms with E-state index in [1.165, 1.54) is 0 Å². The lowest BCUT2D eigenvalue weighted by atomic mass is 9.77. The van der Waals surface area contributed by atoms with Gasteiger partial charge in [-0.2, -0.15) is 0 Å². The van der Waals surface area contributed by atoms with E-state index < -0.39 is 0 Å². The third-order valence-corrected chi connectivity index (χ3v) is 5.83. The summed E-state index contributed by atoms with van der Waals surface area (Å²) in [5.74, 6) is 0.753. The molecule has 6 heteroatoms. The van der Waals surface area contributed by atoms with Crippen molar-refractivity contribution in [2.75, 3.05) is 31.6 Å². The Balaban J connectivity index is 1.52. The highest BCUT2D eigenvalue weighted by molar-refractivity contribution is 6.30. The molecule has 2 aliphatic heterocycles. The van der Waals surface area contributed by atoms with E-state index in [2.05, 4.69) is 10.3 Å². The number of carbonyl (C=O) groups is 1. The number of benzene rings is 2. The number of hydrogen-bond acceptors (Lipinski definition) is 4. The molecule has 0 bridgehead atoms. The Morgan fingerprint density at radius 2 is 2.00 bits per heavy atom. The van der Waals surface area contributed by atoms with Gasteiger partial charge in [0, 0.05) is 40.8 Å². The Hall–Kier alpha value is -2.63. The van der Waals surface area contributed by atoms with Crippen LogP contribution in [0.5, 0.6) is 0 Å². The second-order valence-electron chi connectivity index (χ2n) is 7.81. The van der Waals surface area contributed by atoms with Crippen LogP contribution in [0.15, 0.2) is 48.7 Å². The lowest BCUT2D eigenvalue weighted by molar-refractivity contribution is -0.176. The van der Waals surface area contributed by atoms with E-state index in [9.17, 15) is 4.79 Å². The minimum Gasteiger partial charge on any atom is -0.380 e. The highest BCUT2D eigenvalue weighted by atomic mass is 35.5. The molecule has 2 aromatic carbocycles. The van der Waals surface area contributed by atoms with Crippen molar-refractivity contribution in [2.24, 2.45) is 5.41 Å². The first kappa shape index (κ1) is 17.5. The van der Waals surface area contributed by atoms with Gasteiger partial charge in [-0.15, -0.1) is 0 Å². The number of rotatable bonds is 3. The topological polar surface area (TPSA) is 54.5 Å². The molecule has 1 N–H and O–H groups in total. The van der Waals surface area contributed by atoms with Gasteiger partial charge in [-0.1, -0.05) is 35.9 Å². The van der Waals surface area contributed by atoms with Crippen LogP contribution in [0.3, 0.4) is 0 Å². The molecule has 28 heavy (non-hydrogen) atoms. The highest BCUT2D eigenvalue weighted by Crippen LogP contribution is 2.39. The lowest BCUT2D eigenvalue weighted by Crippen LogP contribution is -2.67. The number of nitrogens with one attached hydrogen (secondary N) is 1. The fourth-order valence-corrected chi connectivity index (χ4v) is 4.29. The van der Waals surface area contributed by atoms with Gasteiger partial charge >= 0.3 is 0 Å². The summed E-state index contributed by atoms with van der Waals surface area (Å²) in [5.41, 5.74) is 2.76. The number of carbonyl (C=O) groups excluding carboxylic acids is 1. The van der Waals surface area contributed by atoms with Gasteiger partial charge in [-0.05, 0) is 30.7 Å². The first-order valence-electron chi connectivity index (χ1n) is 9.33. The molecule has 0 aliphatic carbocycles. The molecule has 2 saturated heterocycles. The van der Waals surface area contributed by atoms with Crippen molar-refractivity contribution in [3.8, 4) is 0 Å². The maximum Gasteiger partial charge on any atom is 0.256 e. The first-order valence-corrected chi connectivity index (χ1v) is 9.70. The molecule has 1 amide bonds. The second-order valence-corrected chi connectivity index (χ2v) is 8.24. The fraction of sp³-hybridized carbons (Fsp3) is 0.273. The van der Waals surface area contributed by atoms with Crippen LogP contribution >= 0.6 is 11.6 Å². The van der Waals surface area contributed by atoms with Gasteiger partial charge in [0.2, 0.25) is 0 Å². The summed E-state index contributed by atoms with van der Waals surface area (Å²) in [6, 6.07) is 13.5. The minimum atomic E-state index is 0.0404. The molecular formula is C22H20ClN3O2. The van der Waals surface area contributed by atoms with E-state index in [1.807, 2.05) is 54.3 Å². The summed E-state index contributed by atoms with van der Waals surface area (Å²) in [6.45, 7) is 5.08. The van der Waals surface area contributed by atoms with E-state index in [0.29, 0.717) is 16.4 Å². The normalized spacial score (nSPS) is 17.3. The Labute approximate surface area is 168 Å². The lowest BCUT2D eigenvalue weighted by Gasteiger charge is -2.54. The number of pyridine rings is 1. The molecule has 3 aromatic rings. The predicted molar refractivity (Wildman–Crippen MR) is 110 cm³/mol. The quantitative estimate of drug-likeness (QED) is 0.716. The van der Waals surface area contributed by atoms with Crippen LogP contribution in [0.1, 0.15) is 15.9 Å². The Bertz CT molecular complexity index is 1090. The molecular weight excluding hydrogens is 374 g/mol. The molecule has 0 atom stereocenters. The Morgan fingerprint density at radius 3 is 2.71 bits per heavy atom. The van der Waals surface area contributed by atoms with Crippen LogP contribution in [0.2, 0.25) is 5.02 Å². The van der Waals surface area contributed by atoms with Crippen molar-refractivity contribution in [2.45, 2.75) is 6.92 Å². The van der Waals surface area contributed by atoms with E-state index in [0.717, 1.165) is 48.3 Å². The molecule has 2 fully saturated rings. The van der Waals surface area contributed by atoms with Gasteiger partial charge in [0.15, 0.2) is 0 Å². The highest BCUT2D eigenvalue weighted by Gasteiger charge is 2.50. The number of hydrogen-bond donors (Lipinski definition) is 1. The number of ether oxygens (including phenoxy) is 1. The van der Waals surface area contributed by atoms with Crippen LogP contribution in [0.25, 0.3) is 10.8 Å². The third-order valence-electron chi connectivity index (χ3n) is 5.59. The summed E-state index contributed by atoms with van der Waals surface area (Å²) < 4.78 is 5.32. The summed E-state index contributed by atoms with van der Waals surface area (Å²) in [7, 11) is 0. The molecule has 142 valence electrons. The number of amides is 1. The van der Waals surface area contributed by atoms with Crippen LogP contribution in [-0.2, 0) is 4.74 Å². The molecule has 0 saturated carbocycles. The fourth-order valence-electron chi connectivity index (χ4n) is 4.10. The third kappa shape index (κ3) is 2.82. The number of aryl methyl sites for hydroxylation is 1. The van der Waals surface area contributed by atoms with E-state index in [-0.39, 0.29) is 11.3 Å². The maximum atomic E-state index is 13.1. The van der Waals surface area contributed by atoms with Gasteiger partial charge in [0.25, 0.3) is 5.91 Å². The predicted octanol–water partition coefficient (Wildman–Crippen LogP) is 4.41. The summed E-state index contributed by atoms with van der Waals surface area (Å²) in [4.78, 5) is 19.6. The number of aromatic nitrogens is 1. The number of fused-ring (bicyclic) bond motifs is 1. The number of anilines is 2. The molecule has 3 heterocycles. The smallest absolute Gasteiger partial charge is 0.256 e. The van der Waals surface area contributed by atoms with Gasteiger partial charge < -0.3 is 15.0 Å². The zero-order valence-corrected chi connectivity index (χ0v) is 16.3. The van der Waals surface area contributed by atoms with Crippen molar-refractivity contribution < 1.29 is 9.53 Å². The van der Waals surface area contributed by atoms with Gasteiger partial charge in [0.1, 0.15) is 5.82 Å². The molecule has 1 aromatic heterocycles. The average Bonchev–Trinajstić information content (AvgIpc) is 2.60. The molecule has 1 spiro atoms. The second kappa shape index (κ2) is 6.47. The largest absolute Gasteiger partial charge is 0.380 e. The van der Waals surface area contributed by atoms with E-state index >= 15 is 0 Å². The first-order chi connectivity index (χ1) is 13.5. The summed E-state index contributed by atoms with van der Waals surface area (Å²) in [6.07, 6.45) is 1.69. The molecule has 0 radical (unpaired) electrons. The van der Waals surface area contributed by atoms with Crippen LogP contribution in [0.4, 0.5) is 11.5 Å². The van der Waals surface area contributed by atoms with Crippen LogP contribution in [0, 0.1) is 12.3 Å². The molecule has 0 unspecified atom stereocenters. The molecule has 2 aliphatic rings. The van der Waals surface area contributed by atoms with Gasteiger partial charge in [-0.3, -0.25) is 4.79 Å². The van der Waals surface area contributed by atoms with Gasteiger partial charge in [-0.25, -0.2) is 4.98 Å². The van der Waals surface area contributed by atoms with Gasteiger partial charge in [0.05, 0.1) is 24.2 Å². The summed E-state index contributed by atoms with van der Waals surface area (Å²) in [5, 5.41) is 5.86. The van der Waals surface area contributed by atoms with E-state index in [4.69, 9.17) is 16.3 Å². The van der Waals surface area contributed by atoms with Crippen molar-refractivity contribution >= 4 is 39.8 Å². The zero-order chi connectivity index (χ0) is 19.3. The monoisotopic (exact) mass is 393 g/mol. The van der Waals surface area contributed by atoms with Crippen molar-refractivity contribution in [3.63, 3.8) is 0 Å². The standard InChI is InChI=1S/C22H20ClN3O2/c1-14-4-2-7-17-19(14)18(21(27)26-10-22(11-26)12-28-13-22)9-24-20(17)25-16-6-3-5-15(23)8-16/h2-9H,10-13H2,1H3,(H,24,25). The van der Waals surface area contributed by atoms with Crippen LogP contribution < -0.4 is 5.32 Å². The van der Waals surface area contributed by atoms with E-state index in [1.54, 1.807) is 6.20 Å². The number of nitrogens with zero attached hydrogens (tertiary/aromatic N) is 2. The Kier molecular flexibility index (Phi) is 4.03. The molecule has 5 nitrogen and oxygen atoms in total. The molecule has 5 rings (SSSR count). The maximum absolute atomic E-state index is 13.1. The SMILES string of the molecule is Cc1cccc2c(Nc3cccc(Cl)c3)ncc(C(=O)N3CC4(COC4)C3)c12. The number of halogens is 1. The zero-order valence-electron chi connectivity index (χ0n) is 15.5. The Morgan fingerprint density at radius 1 is 1.21 bits per heavy atom. The van der Waals surface area contributed by atoms with Crippen molar-refractivity contribution in [1.82, 2.24) is 9.88 Å². The van der Waals surface area contributed by atoms with Crippen molar-refractivity contribution in [1.29, 1.82) is 0 Å².